The monoisotopic (exact) mass is 452 g/mol. The van der Waals surface area contributed by atoms with Crippen molar-refractivity contribution in [3.8, 4) is 0 Å². The minimum Gasteiger partial charge on any atom is -0.381 e. The Labute approximate surface area is 188 Å². The molecule has 7 heteroatoms. The van der Waals surface area contributed by atoms with E-state index in [0.29, 0.717) is 24.6 Å². The first-order valence-corrected chi connectivity index (χ1v) is 11.8. The Morgan fingerprint density at radius 1 is 1.09 bits per heavy atom. The predicted molar refractivity (Wildman–Crippen MR) is 117 cm³/mol. The lowest BCUT2D eigenvalue weighted by molar-refractivity contribution is -0.150. The number of ether oxygens (including phenoxy) is 1. The van der Waals surface area contributed by atoms with E-state index in [4.69, 9.17) is 4.74 Å². The maximum atomic E-state index is 14.0. The lowest BCUT2D eigenvalue weighted by Gasteiger charge is -2.45. The first-order chi connectivity index (χ1) is 15.0. The third-order valence-corrected chi connectivity index (χ3v) is 7.89. The summed E-state index contributed by atoms with van der Waals surface area (Å²) in [5, 5.41) is 3.77. The molecule has 4 rings (SSSR count). The van der Waals surface area contributed by atoms with Crippen molar-refractivity contribution in [3.05, 3.63) is 34.9 Å². The predicted octanol–water partition coefficient (Wildman–Crippen LogP) is 4.94. The van der Waals surface area contributed by atoms with Gasteiger partial charge in [0.25, 0.3) is 0 Å². The van der Waals surface area contributed by atoms with E-state index in [9.17, 15) is 18.0 Å². The summed E-state index contributed by atoms with van der Waals surface area (Å²) < 4.78 is 45.1. The van der Waals surface area contributed by atoms with E-state index >= 15 is 0 Å². The van der Waals surface area contributed by atoms with E-state index in [1.54, 1.807) is 6.07 Å². The summed E-state index contributed by atoms with van der Waals surface area (Å²) in [7, 11) is 0. The first kappa shape index (κ1) is 23.6. The number of carbonyl (C=O) groups excluding carboxylic acids is 1. The van der Waals surface area contributed by atoms with Crippen molar-refractivity contribution in [3.63, 3.8) is 0 Å². The highest BCUT2D eigenvalue weighted by atomic mass is 19.4. The lowest BCUT2D eigenvalue weighted by atomic mass is 9.64. The molecule has 3 aliphatic rings. The Morgan fingerprint density at radius 2 is 1.81 bits per heavy atom. The van der Waals surface area contributed by atoms with E-state index in [1.807, 2.05) is 4.90 Å². The Hall–Kier alpha value is -1.60. The highest BCUT2D eigenvalue weighted by molar-refractivity contribution is 5.84. The van der Waals surface area contributed by atoms with Gasteiger partial charge in [-0.2, -0.15) is 13.2 Å². The van der Waals surface area contributed by atoms with Crippen LogP contribution < -0.4 is 5.32 Å². The summed E-state index contributed by atoms with van der Waals surface area (Å²) in [6, 6.07) is 4.67. The molecule has 32 heavy (non-hydrogen) atoms. The molecule has 2 aliphatic heterocycles. The molecule has 0 spiro atoms. The molecule has 2 heterocycles. The van der Waals surface area contributed by atoms with Crippen LogP contribution >= 0.6 is 0 Å². The zero-order valence-electron chi connectivity index (χ0n) is 19.4. The molecule has 2 atom stereocenters. The molecule has 1 aromatic rings. The van der Waals surface area contributed by atoms with Crippen LogP contribution in [0.1, 0.15) is 69.6 Å². The molecule has 1 unspecified atom stereocenters. The van der Waals surface area contributed by atoms with Crippen molar-refractivity contribution in [2.24, 2.45) is 10.8 Å². The van der Waals surface area contributed by atoms with Crippen molar-refractivity contribution in [1.29, 1.82) is 0 Å². The molecule has 178 valence electrons. The zero-order chi connectivity index (χ0) is 23.1. The van der Waals surface area contributed by atoms with Crippen LogP contribution in [0.3, 0.4) is 0 Å². The number of nitrogens with zero attached hydrogens (tertiary/aromatic N) is 1. The SMILES string of the molecule is CC(C)(C)C1(C(=O)N2CCc3ccc(C(F)(F)F)cc3C2)CC[C@@H](NC2CCOCC2)C1. The number of fused-ring (bicyclic) bond motifs is 1. The topological polar surface area (TPSA) is 41.6 Å². The molecule has 0 radical (unpaired) electrons. The average molecular weight is 453 g/mol. The van der Waals surface area contributed by atoms with E-state index in [-0.39, 0.29) is 23.9 Å². The number of nitrogens with one attached hydrogen (secondary N) is 1. The van der Waals surface area contributed by atoms with Gasteiger partial charge in [-0.25, -0.2) is 0 Å². The number of benzene rings is 1. The molecule has 1 aliphatic carbocycles. The molecule has 0 bridgehead atoms. The number of hydrogen-bond acceptors (Lipinski definition) is 3. The average Bonchev–Trinajstić information content (AvgIpc) is 3.17. The summed E-state index contributed by atoms with van der Waals surface area (Å²) in [5.41, 5.74) is 0.160. The van der Waals surface area contributed by atoms with Crippen LogP contribution in [0.25, 0.3) is 0 Å². The van der Waals surface area contributed by atoms with Gasteiger partial charge < -0.3 is 15.0 Å². The van der Waals surface area contributed by atoms with E-state index in [2.05, 4.69) is 26.1 Å². The van der Waals surface area contributed by atoms with Gasteiger partial charge in [-0.15, -0.1) is 0 Å². The summed E-state index contributed by atoms with van der Waals surface area (Å²) in [4.78, 5) is 15.8. The summed E-state index contributed by atoms with van der Waals surface area (Å²) in [6.07, 6.45) is 0.754. The first-order valence-electron chi connectivity index (χ1n) is 11.8. The van der Waals surface area contributed by atoms with Crippen LogP contribution in [0.5, 0.6) is 0 Å². The van der Waals surface area contributed by atoms with E-state index in [1.165, 1.54) is 6.07 Å². The van der Waals surface area contributed by atoms with Crippen LogP contribution in [0, 0.1) is 10.8 Å². The standard InChI is InChI=1S/C25H35F3N2O2/c1-23(2,3)24(10-6-21(15-24)29-20-8-12-32-13-9-20)22(31)30-11-7-17-4-5-19(25(26,27)28)14-18(17)16-30/h4-5,14,20-21,29H,6-13,15-16H2,1-3H3/t21-,24?/m1/s1. The summed E-state index contributed by atoms with van der Waals surface area (Å²) in [6.45, 7) is 8.76. The van der Waals surface area contributed by atoms with Gasteiger partial charge >= 0.3 is 6.18 Å². The van der Waals surface area contributed by atoms with Crippen LogP contribution in [0.4, 0.5) is 13.2 Å². The van der Waals surface area contributed by atoms with Crippen molar-refractivity contribution in [1.82, 2.24) is 10.2 Å². The number of carbonyl (C=O) groups is 1. The maximum Gasteiger partial charge on any atom is 0.416 e. The van der Waals surface area contributed by atoms with Crippen molar-refractivity contribution in [2.45, 2.75) is 84.1 Å². The number of hydrogen-bond donors (Lipinski definition) is 1. The molecule has 2 fully saturated rings. The highest BCUT2D eigenvalue weighted by Crippen LogP contribution is 2.53. The molecule has 1 amide bonds. The molecule has 1 N–H and O–H groups in total. The lowest BCUT2D eigenvalue weighted by Crippen LogP contribution is -2.52. The fraction of sp³-hybridized carbons (Fsp3) is 0.720. The number of amides is 1. The number of rotatable bonds is 3. The van der Waals surface area contributed by atoms with Crippen LogP contribution in [0.2, 0.25) is 0 Å². The van der Waals surface area contributed by atoms with Gasteiger partial charge in [-0.05, 0) is 67.2 Å². The molecule has 0 aromatic heterocycles. The third-order valence-electron chi connectivity index (χ3n) is 7.89. The van der Waals surface area contributed by atoms with Gasteiger partial charge in [0.15, 0.2) is 0 Å². The van der Waals surface area contributed by atoms with E-state index < -0.39 is 17.2 Å². The smallest absolute Gasteiger partial charge is 0.381 e. The van der Waals surface area contributed by atoms with Crippen LogP contribution in [-0.4, -0.2) is 42.6 Å². The molecule has 1 saturated heterocycles. The van der Waals surface area contributed by atoms with Gasteiger partial charge in [0.2, 0.25) is 5.91 Å². The van der Waals surface area contributed by atoms with E-state index in [0.717, 1.165) is 56.9 Å². The number of alkyl halides is 3. The summed E-state index contributed by atoms with van der Waals surface area (Å²) >= 11 is 0. The van der Waals surface area contributed by atoms with Gasteiger partial charge in [0.1, 0.15) is 0 Å². The maximum absolute atomic E-state index is 14.0. The number of halogens is 3. The molecule has 4 nitrogen and oxygen atoms in total. The minimum absolute atomic E-state index is 0.101. The second kappa shape index (κ2) is 8.64. The van der Waals surface area contributed by atoms with Crippen molar-refractivity contribution < 1.29 is 22.7 Å². The molecular weight excluding hydrogens is 417 g/mol. The quantitative estimate of drug-likeness (QED) is 0.706. The Bertz CT molecular complexity index is 843. The Kier molecular flexibility index (Phi) is 6.36. The fourth-order valence-electron chi connectivity index (χ4n) is 5.79. The minimum atomic E-state index is -4.37. The molecular formula is C25H35F3N2O2. The van der Waals surface area contributed by atoms with Gasteiger partial charge in [-0.3, -0.25) is 4.79 Å². The second-order valence-electron chi connectivity index (χ2n) is 10.8. The van der Waals surface area contributed by atoms with Crippen LogP contribution in [-0.2, 0) is 28.7 Å². The molecule has 1 saturated carbocycles. The highest BCUT2D eigenvalue weighted by Gasteiger charge is 2.54. The molecule has 1 aromatic carbocycles. The van der Waals surface area contributed by atoms with Gasteiger partial charge in [-0.1, -0.05) is 26.8 Å². The fourth-order valence-corrected chi connectivity index (χ4v) is 5.79. The van der Waals surface area contributed by atoms with Crippen molar-refractivity contribution >= 4 is 5.91 Å². The zero-order valence-corrected chi connectivity index (χ0v) is 19.4. The Balaban J connectivity index is 1.52. The van der Waals surface area contributed by atoms with Crippen molar-refractivity contribution in [2.75, 3.05) is 19.8 Å². The Morgan fingerprint density at radius 3 is 2.47 bits per heavy atom. The van der Waals surface area contributed by atoms with Gasteiger partial charge in [0, 0.05) is 38.4 Å². The largest absolute Gasteiger partial charge is 0.416 e. The summed E-state index contributed by atoms with van der Waals surface area (Å²) in [5.74, 6) is 0.101. The van der Waals surface area contributed by atoms with Crippen LogP contribution in [0.15, 0.2) is 18.2 Å². The third kappa shape index (κ3) is 4.56. The van der Waals surface area contributed by atoms with Gasteiger partial charge in [0.05, 0.1) is 11.0 Å². The normalized spacial score (nSPS) is 27.4. The second-order valence-corrected chi connectivity index (χ2v) is 10.8.